The molecular formula is C26H30N2O4. The average Bonchev–Trinajstić information content (AvgIpc) is 2.79. The molecule has 6 nitrogen and oxygen atoms in total. The number of morpholine rings is 1. The van der Waals surface area contributed by atoms with Crippen LogP contribution >= 0.6 is 0 Å². The lowest BCUT2D eigenvalue weighted by Crippen LogP contribution is -2.43. The lowest BCUT2D eigenvalue weighted by Gasteiger charge is -2.35. The smallest absolute Gasteiger partial charge is 0.287 e. The number of amides is 1. The second-order valence-electron chi connectivity index (χ2n) is 8.67. The van der Waals surface area contributed by atoms with Gasteiger partial charge in [-0.15, -0.1) is 0 Å². The van der Waals surface area contributed by atoms with Crippen LogP contribution in [-0.2, 0) is 4.74 Å². The van der Waals surface area contributed by atoms with Gasteiger partial charge < -0.3 is 14.5 Å². The fraction of sp³-hybridized carbons (Fsp3) is 0.385. The van der Waals surface area contributed by atoms with Crippen LogP contribution < -0.4 is 10.7 Å². The molecule has 0 spiro atoms. The van der Waals surface area contributed by atoms with Crippen molar-refractivity contribution in [3.8, 4) is 0 Å². The summed E-state index contributed by atoms with van der Waals surface area (Å²) in [6, 6.07) is 15.2. The van der Waals surface area contributed by atoms with E-state index in [-0.39, 0.29) is 23.1 Å². The zero-order chi connectivity index (χ0) is 22.7. The molecule has 0 saturated carbocycles. The summed E-state index contributed by atoms with van der Waals surface area (Å²) >= 11 is 0. The molecule has 2 heterocycles. The Balaban J connectivity index is 1.55. The second kappa shape index (κ2) is 9.67. The van der Waals surface area contributed by atoms with Gasteiger partial charge in [-0.3, -0.25) is 14.5 Å². The van der Waals surface area contributed by atoms with Gasteiger partial charge in [-0.2, -0.15) is 0 Å². The van der Waals surface area contributed by atoms with Gasteiger partial charge in [0.15, 0.2) is 11.2 Å². The van der Waals surface area contributed by atoms with E-state index >= 15 is 0 Å². The Morgan fingerprint density at radius 1 is 1.03 bits per heavy atom. The summed E-state index contributed by atoms with van der Waals surface area (Å²) in [6.07, 6.45) is 0. The van der Waals surface area contributed by atoms with E-state index in [0.717, 1.165) is 24.2 Å². The summed E-state index contributed by atoms with van der Waals surface area (Å²) in [4.78, 5) is 27.7. The van der Waals surface area contributed by atoms with E-state index in [0.29, 0.717) is 36.6 Å². The molecule has 32 heavy (non-hydrogen) atoms. The SMILES string of the molecule is Cc1ccc2c(=O)cc(C(=O)NC[C@H](c3ccc(C(C)C)cc3)N3CCOCC3)oc2c1. The molecule has 6 heteroatoms. The van der Waals surface area contributed by atoms with Gasteiger partial charge in [0.1, 0.15) is 5.58 Å². The molecular weight excluding hydrogens is 404 g/mol. The molecule has 3 aromatic rings. The molecule has 1 amide bonds. The molecule has 1 aliphatic heterocycles. The minimum absolute atomic E-state index is 0.0125. The van der Waals surface area contributed by atoms with E-state index in [9.17, 15) is 9.59 Å². The number of fused-ring (bicyclic) bond motifs is 1. The van der Waals surface area contributed by atoms with Crippen LogP contribution in [0.4, 0.5) is 0 Å². The van der Waals surface area contributed by atoms with E-state index in [4.69, 9.17) is 9.15 Å². The van der Waals surface area contributed by atoms with Crippen LogP contribution in [0.3, 0.4) is 0 Å². The third-order valence-electron chi connectivity index (χ3n) is 6.04. The molecule has 168 valence electrons. The van der Waals surface area contributed by atoms with Crippen LogP contribution in [0.5, 0.6) is 0 Å². The molecule has 0 unspecified atom stereocenters. The molecule has 1 aromatic heterocycles. The van der Waals surface area contributed by atoms with Crippen LogP contribution in [0.2, 0.25) is 0 Å². The number of nitrogens with one attached hydrogen (secondary N) is 1. The van der Waals surface area contributed by atoms with Gasteiger partial charge in [0.05, 0.1) is 24.6 Å². The van der Waals surface area contributed by atoms with E-state index < -0.39 is 0 Å². The maximum atomic E-state index is 12.9. The Labute approximate surface area is 188 Å². The van der Waals surface area contributed by atoms with Crippen LogP contribution in [-0.4, -0.2) is 43.7 Å². The maximum absolute atomic E-state index is 12.9. The number of ether oxygens (including phenoxy) is 1. The Morgan fingerprint density at radius 2 is 1.72 bits per heavy atom. The van der Waals surface area contributed by atoms with Gasteiger partial charge in [0.25, 0.3) is 5.91 Å². The first kappa shape index (κ1) is 22.2. The molecule has 0 aliphatic carbocycles. The summed E-state index contributed by atoms with van der Waals surface area (Å²) in [5.41, 5.74) is 3.61. The highest BCUT2D eigenvalue weighted by Crippen LogP contribution is 2.24. The van der Waals surface area contributed by atoms with Crippen LogP contribution in [0.1, 0.15) is 53.1 Å². The Hall–Kier alpha value is -2.96. The Kier molecular flexibility index (Phi) is 6.72. The monoisotopic (exact) mass is 434 g/mol. The zero-order valence-electron chi connectivity index (χ0n) is 18.9. The summed E-state index contributed by atoms with van der Waals surface area (Å²) in [5.74, 6) is 0.108. The zero-order valence-corrected chi connectivity index (χ0v) is 18.9. The average molecular weight is 435 g/mol. The Morgan fingerprint density at radius 3 is 2.41 bits per heavy atom. The molecule has 1 N–H and O–H groups in total. The van der Waals surface area contributed by atoms with Crippen LogP contribution in [0.15, 0.2) is 57.7 Å². The van der Waals surface area contributed by atoms with Crippen molar-refractivity contribution < 1.29 is 13.9 Å². The first-order chi connectivity index (χ1) is 15.4. The number of benzene rings is 2. The van der Waals surface area contributed by atoms with Gasteiger partial charge >= 0.3 is 0 Å². The summed E-state index contributed by atoms with van der Waals surface area (Å²) in [7, 11) is 0. The molecule has 0 bridgehead atoms. The van der Waals surface area contributed by atoms with Crippen molar-refractivity contribution >= 4 is 16.9 Å². The topological polar surface area (TPSA) is 71.8 Å². The van der Waals surface area contributed by atoms with Crippen LogP contribution in [0, 0.1) is 6.92 Å². The third-order valence-corrected chi connectivity index (χ3v) is 6.04. The maximum Gasteiger partial charge on any atom is 0.287 e. The van der Waals surface area contributed by atoms with Gasteiger partial charge in [-0.25, -0.2) is 0 Å². The third kappa shape index (κ3) is 4.92. The van der Waals surface area contributed by atoms with E-state index in [1.807, 2.05) is 13.0 Å². The van der Waals surface area contributed by atoms with Crippen molar-refractivity contribution in [3.05, 3.63) is 81.2 Å². The highest BCUT2D eigenvalue weighted by atomic mass is 16.5. The first-order valence-electron chi connectivity index (χ1n) is 11.2. The predicted octanol–water partition coefficient (Wildman–Crippen LogP) is 4.03. The van der Waals surface area contributed by atoms with Gasteiger partial charge in [0.2, 0.25) is 0 Å². The lowest BCUT2D eigenvalue weighted by atomic mass is 9.98. The molecule has 1 atom stereocenters. The van der Waals surface area contributed by atoms with Gasteiger partial charge in [-0.05, 0) is 41.7 Å². The number of hydrogen-bond donors (Lipinski definition) is 1. The second-order valence-corrected chi connectivity index (χ2v) is 8.67. The predicted molar refractivity (Wildman–Crippen MR) is 125 cm³/mol. The van der Waals surface area contributed by atoms with Crippen molar-refractivity contribution in [2.75, 3.05) is 32.8 Å². The number of nitrogens with zero attached hydrogens (tertiary/aromatic N) is 1. The van der Waals surface area contributed by atoms with Gasteiger partial charge in [-0.1, -0.05) is 44.2 Å². The summed E-state index contributed by atoms with van der Waals surface area (Å²) < 4.78 is 11.3. The number of rotatable bonds is 6. The van der Waals surface area contributed by atoms with Crippen LogP contribution in [0.25, 0.3) is 11.0 Å². The van der Waals surface area contributed by atoms with Crippen molar-refractivity contribution in [1.29, 1.82) is 0 Å². The number of aryl methyl sites for hydroxylation is 1. The van der Waals surface area contributed by atoms with Crippen molar-refractivity contribution in [3.63, 3.8) is 0 Å². The highest BCUT2D eigenvalue weighted by Gasteiger charge is 2.24. The number of carbonyl (C=O) groups excluding carboxylic acids is 1. The standard InChI is InChI=1S/C26H30N2O4/c1-17(2)19-5-7-20(8-6-19)22(28-10-12-31-13-11-28)16-27-26(30)25-15-23(29)21-9-4-18(3)14-24(21)32-25/h4-9,14-15,17,22H,10-13,16H2,1-3H3,(H,27,30)/t22-/m1/s1. The number of hydrogen-bond acceptors (Lipinski definition) is 5. The van der Waals surface area contributed by atoms with Gasteiger partial charge in [0, 0.05) is 25.7 Å². The van der Waals surface area contributed by atoms with E-state index in [1.165, 1.54) is 11.6 Å². The normalized spacial score (nSPS) is 15.8. The fourth-order valence-corrected chi connectivity index (χ4v) is 4.10. The molecule has 2 aromatic carbocycles. The molecule has 1 fully saturated rings. The molecule has 1 saturated heterocycles. The van der Waals surface area contributed by atoms with Crippen molar-refractivity contribution in [2.45, 2.75) is 32.7 Å². The fourth-order valence-electron chi connectivity index (χ4n) is 4.10. The number of carbonyl (C=O) groups is 1. The summed E-state index contributed by atoms with van der Waals surface area (Å²) in [5, 5.41) is 3.46. The largest absolute Gasteiger partial charge is 0.451 e. The molecule has 4 rings (SSSR count). The minimum atomic E-state index is -0.387. The Bertz CT molecular complexity index is 1140. The lowest BCUT2D eigenvalue weighted by molar-refractivity contribution is 0.0161. The van der Waals surface area contributed by atoms with Crippen molar-refractivity contribution in [1.82, 2.24) is 10.2 Å². The van der Waals surface area contributed by atoms with E-state index in [1.54, 1.807) is 12.1 Å². The summed E-state index contributed by atoms with van der Waals surface area (Å²) in [6.45, 7) is 9.63. The first-order valence-corrected chi connectivity index (χ1v) is 11.2. The van der Waals surface area contributed by atoms with Crippen molar-refractivity contribution in [2.24, 2.45) is 0 Å². The molecule has 0 radical (unpaired) electrons. The highest BCUT2D eigenvalue weighted by molar-refractivity contribution is 5.93. The quantitative estimate of drug-likeness (QED) is 0.634. The minimum Gasteiger partial charge on any atom is -0.451 e. The molecule has 1 aliphatic rings. The van der Waals surface area contributed by atoms with E-state index in [2.05, 4.69) is 48.3 Å².